The average Bonchev–Trinajstić information content (AvgIpc) is 2.59. The number of methoxy groups -OCH3 is 2. The second-order valence-electron chi connectivity index (χ2n) is 4.81. The summed E-state index contributed by atoms with van der Waals surface area (Å²) < 4.78 is 24.2. The van der Waals surface area contributed by atoms with Crippen LogP contribution in [0.4, 0.5) is 10.1 Å². The number of benzene rings is 2. The minimum Gasteiger partial charge on any atom is -0.497 e. The topological polar surface area (TPSA) is 74.5 Å². The molecule has 2 rings (SSSR count). The fourth-order valence-electron chi connectivity index (χ4n) is 2.14. The number of aliphatic hydroxyl groups excluding tert-OH is 1. The fraction of sp³-hybridized carbons (Fsp3) is 0.235. The highest BCUT2D eigenvalue weighted by Gasteiger charge is 2.15. The molecule has 23 heavy (non-hydrogen) atoms. The SMILES string of the molecule is COc1ccc(OC)c([C@H](O)CNc2ccc(C#N)cc2F)c1. The first kappa shape index (κ1) is 16.6. The average molecular weight is 316 g/mol. The number of rotatable bonds is 6. The normalized spacial score (nSPS) is 11.4. The van der Waals surface area contributed by atoms with E-state index in [4.69, 9.17) is 14.7 Å². The van der Waals surface area contributed by atoms with Gasteiger partial charge < -0.3 is 19.9 Å². The van der Waals surface area contributed by atoms with Gasteiger partial charge in [-0.3, -0.25) is 0 Å². The molecule has 0 aliphatic heterocycles. The van der Waals surface area contributed by atoms with Crippen LogP contribution >= 0.6 is 0 Å². The van der Waals surface area contributed by atoms with Crippen LogP contribution in [-0.2, 0) is 0 Å². The van der Waals surface area contributed by atoms with Crippen LogP contribution in [0, 0.1) is 17.1 Å². The van der Waals surface area contributed by atoms with Crippen LogP contribution in [0.15, 0.2) is 36.4 Å². The molecular weight excluding hydrogens is 299 g/mol. The van der Waals surface area contributed by atoms with Gasteiger partial charge in [-0.1, -0.05) is 0 Å². The molecular formula is C17H17FN2O3. The molecule has 0 spiro atoms. The molecule has 0 saturated carbocycles. The Morgan fingerprint density at radius 3 is 2.61 bits per heavy atom. The number of anilines is 1. The molecule has 0 bridgehead atoms. The lowest BCUT2D eigenvalue weighted by atomic mass is 10.1. The van der Waals surface area contributed by atoms with Crippen molar-refractivity contribution in [3.63, 3.8) is 0 Å². The number of nitrogens with zero attached hydrogens (tertiary/aromatic N) is 1. The number of nitriles is 1. The second-order valence-corrected chi connectivity index (χ2v) is 4.81. The Labute approximate surface area is 133 Å². The third-order valence-electron chi connectivity index (χ3n) is 3.38. The number of halogens is 1. The Morgan fingerprint density at radius 1 is 1.22 bits per heavy atom. The van der Waals surface area contributed by atoms with E-state index in [9.17, 15) is 9.50 Å². The zero-order valence-electron chi connectivity index (χ0n) is 12.8. The van der Waals surface area contributed by atoms with E-state index in [0.717, 1.165) is 6.07 Å². The van der Waals surface area contributed by atoms with E-state index in [1.807, 2.05) is 6.07 Å². The zero-order valence-corrected chi connectivity index (χ0v) is 12.8. The number of hydrogen-bond donors (Lipinski definition) is 2. The van der Waals surface area contributed by atoms with Gasteiger partial charge in [-0.15, -0.1) is 0 Å². The van der Waals surface area contributed by atoms with E-state index >= 15 is 0 Å². The largest absolute Gasteiger partial charge is 0.497 e. The van der Waals surface area contributed by atoms with E-state index in [-0.39, 0.29) is 17.8 Å². The number of ether oxygens (including phenoxy) is 2. The van der Waals surface area contributed by atoms with Crippen molar-refractivity contribution in [1.82, 2.24) is 0 Å². The predicted molar refractivity (Wildman–Crippen MR) is 84.1 cm³/mol. The Hall–Kier alpha value is -2.78. The molecule has 120 valence electrons. The molecule has 0 radical (unpaired) electrons. The van der Waals surface area contributed by atoms with Crippen molar-refractivity contribution < 1.29 is 19.0 Å². The van der Waals surface area contributed by atoms with Gasteiger partial charge in [-0.25, -0.2) is 4.39 Å². The first-order chi connectivity index (χ1) is 11.1. The second kappa shape index (κ2) is 7.47. The summed E-state index contributed by atoms with van der Waals surface area (Å²) in [7, 11) is 3.04. The summed E-state index contributed by atoms with van der Waals surface area (Å²) in [4.78, 5) is 0. The minimum absolute atomic E-state index is 0.0757. The van der Waals surface area contributed by atoms with Crippen molar-refractivity contribution in [2.24, 2.45) is 0 Å². The van der Waals surface area contributed by atoms with Crippen LogP contribution in [0.2, 0.25) is 0 Å². The monoisotopic (exact) mass is 316 g/mol. The summed E-state index contributed by atoms with van der Waals surface area (Å²) >= 11 is 0. The van der Waals surface area contributed by atoms with Crippen LogP contribution in [0.25, 0.3) is 0 Å². The van der Waals surface area contributed by atoms with Gasteiger partial charge in [0.2, 0.25) is 0 Å². The molecule has 2 aromatic carbocycles. The fourth-order valence-corrected chi connectivity index (χ4v) is 2.14. The van der Waals surface area contributed by atoms with Gasteiger partial charge in [0.1, 0.15) is 17.3 Å². The molecule has 2 aromatic rings. The van der Waals surface area contributed by atoms with Crippen molar-refractivity contribution >= 4 is 5.69 Å². The maximum atomic E-state index is 13.8. The first-order valence-electron chi connectivity index (χ1n) is 6.92. The van der Waals surface area contributed by atoms with Gasteiger partial charge in [0, 0.05) is 12.1 Å². The van der Waals surface area contributed by atoms with Crippen molar-refractivity contribution in [3.05, 3.63) is 53.3 Å². The molecule has 2 N–H and O–H groups in total. The van der Waals surface area contributed by atoms with E-state index in [0.29, 0.717) is 17.1 Å². The standard InChI is InChI=1S/C17H17FN2O3/c1-22-12-4-6-17(23-2)13(8-12)16(21)10-20-15-5-3-11(9-19)7-14(15)18/h3-8,16,20-21H,10H2,1-2H3/t16-/m1/s1. The van der Waals surface area contributed by atoms with E-state index in [1.54, 1.807) is 18.2 Å². The highest BCUT2D eigenvalue weighted by molar-refractivity contribution is 5.49. The van der Waals surface area contributed by atoms with E-state index < -0.39 is 11.9 Å². The molecule has 0 unspecified atom stereocenters. The molecule has 0 aromatic heterocycles. The summed E-state index contributed by atoms with van der Waals surface area (Å²) in [5.74, 6) is 0.554. The lowest BCUT2D eigenvalue weighted by Gasteiger charge is -2.17. The predicted octanol–water partition coefficient (Wildman–Crippen LogP) is 2.86. The van der Waals surface area contributed by atoms with Gasteiger partial charge in [-0.05, 0) is 36.4 Å². The van der Waals surface area contributed by atoms with Crippen LogP contribution in [0.5, 0.6) is 11.5 Å². The Morgan fingerprint density at radius 2 is 2.00 bits per heavy atom. The number of hydrogen-bond acceptors (Lipinski definition) is 5. The summed E-state index contributed by atoms with van der Waals surface area (Å²) in [6.45, 7) is 0.0757. The molecule has 0 fully saturated rings. The van der Waals surface area contributed by atoms with Crippen molar-refractivity contribution in [2.45, 2.75) is 6.10 Å². The van der Waals surface area contributed by atoms with Gasteiger partial charge in [-0.2, -0.15) is 5.26 Å². The minimum atomic E-state index is -0.921. The Kier molecular flexibility index (Phi) is 5.39. The van der Waals surface area contributed by atoms with E-state index in [2.05, 4.69) is 5.32 Å². The third-order valence-corrected chi connectivity index (χ3v) is 3.38. The van der Waals surface area contributed by atoms with Gasteiger partial charge >= 0.3 is 0 Å². The van der Waals surface area contributed by atoms with Crippen LogP contribution in [-0.4, -0.2) is 25.9 Å². The van der Waals surface area contributed by atoms with Gasteiger partial charge in [0.15, 0.2) is 0 Å². The highest BCUT2D eigenvalue weighted by atomic mass is 19.1. The van der Waals surface area contributed by atoms with Crippen LogP contribution in [0.1, 0.15) is 17.2 Å². The quantitative estimate of drug-likeness (QED) is 0.857. The van der Waals surface area contributed by atoms with Crippen molar-refractivity contribution in [2.75, 3.05) is 26.1 Å². The highest BCUT2D eigenvalue weighted by Crippen LogP contribution is 2.29. The molecule has 0 aliphatic rings. The van der Waals surface area contributed by atoms with Gasteiger partial charge in [0.05, 0.1) is 37.6 Å². The van der Waals surface area contributed by atoms with Crippen LogP contribution in [0.3, 0.4) is 0 Å². The maximum Gasteiger partial charge on any atom is 0.147 e. The number of aliphatic hydroxyl groups is 1. The van der Waals surface area contributed by atoms with Crippen molar-refractivity contribution in [1.29, 1.82) is 5.26 Å². The lowest BCUT2D eigenvalue weighted by molar-refractivity contribution is 0.186. The van der Waals surface area contributed by atoms with Crippen molar-refractivity contribution in [3.8, 4) is 17.6 Å². The molecule has 0 saturated heterocycles. The Balaban J connectivity index is 2.13. The van der Waals surface area contributed by atoms with Crippen LogP contribution < -0.4 is 14.8 Å². The first-order valence-corrected chi connectivity index (χ1v) is 6.92. The van der Waals surface area contributed by atoms with E-state index in [1.165, 1.54) is 26.4 Å². The molecule has 5 nitrogen and oxygen atoms in total. The summed E-state index contributed by atoms with van der Waals surface area (Å²) in [5.41, 5.74) is 0.987. The molecule has 0 heterocycles. The lowest BCUT2D eigenvalue weighted by Crippen LogP contribution is -2.14. The summed E-state index contributed by atoms with van der Waals surface area (Å²) in [6.07, 6.45) is -0.921. The third kappa shape index (κ3) is 3.90. The molecule has 1 atom stereocenters. The van der Waals surface area contributed by atoms with Gasteiger partial charge in [0.25, 0.3) is 0 Å². The summed E-state index contributed by atoms with van der Waals surface area (Å²) in [5, 5.41) is 21.9. The Bertz CT molecular complexity index is 728. The molecule has 6 heteroatoms. The molecule has 0 amide bonds. The number of nitrogens with one attached hydrogen (secondary N) is 1. The molecule has 0 aliphatic carbocycles. The smallest absolute Gasteiger partial charge is 0.147 e. The zero-order chi connectivity index (χ0) is 16.8. The summed E-state index contributed by atoms with van der Waals surface area (Å²) in [6, 6.07) is 11.1. The maximum absolute atomic E-state index is 13.8.